The number of nitriles is 1. The number of hydrogen-bond acceptors (Lipinski definition) is 3. The van der Waals surface area contributed by atoms with Crippen molar-refractivity contribution in [3.05, 3.63) is 0 Å². The third-order valence-electron chi connectivity index (χ3n) is 3.78. The fraction of sp³-hybridized carbons (Fsp3) is 0.917. The van der Waals surface area contributed by atoms with Crippen LogP contribution in [0.25, 0.3) is 0 Å². The number of rotatable bonds is 5. The van der Waals surface area contributed by atoms with E-state index in [1.165, 1.54) is 32.5 Å². The molecule has 3 aliphatic rings. The molecule has 0 aromatic heterocycles. The maximum atomic E-state index is 8.42. The second kappa shape index (κ2) is 5.48. The van der Waals surface area contributed by atoms with E-state index in [-0.39, 0.29) is 0 Å². The first kappa shape index (κ1) is 10.9. The van der Waals surface area contributed by atoms with Gasteiger partial charge in [-0.2, -0.15) is 5.26 Å². The Balaban J connectivity index is 1.61. The molecule has 0 spiro atoms. The zero-order chi connectivity index (χ0) is 10.5. The van der Waals surface area contributed by atoms with Gasteiger partial charge in [0.05, 0.1) is 6.07 Å². The standard InChI is InChI=1S/C12H21N3/c13-6-2-1-3-7-14-12-10-15-8-4-11(12)5-9-15/h11-12,14H,1-5,7-10H2. The normalized spacial score (nSPS) is 33.9. The van der Waals surface area contributed by atoms with E-state index < -0.39 is 0 Å². The van der Waals surface area contributed by atoms with Crippen LogP contribution in [0.2, 0.25) is 0 Å². The van der Waals surface area contributed by atoms with Gasteiger partial charge in [-0.05, 0) is 51.2 Å². The van der Waals surface area contributed by atoms with Crippen molar-refractivity contribution >= 4 is 0 Å². The molecule has 3 fully saturated rings. The topological polar surface area (TPSA) is 39.1 Å². The average Bonchev–Trinajstić information content (AvgIpc) is 2.30. The van der Waals surface area contributed by atoms with Crippen LogP contribution in [-0.4, -0.2) is 37.1 Å². The van der Waals surface area contributed by atoms with Crippen molar-refractivity contribution in [1.29, 1.82) is 5.26 Å². The van der Waals surface area contributed by atoms with E-state index in [0.29, 0.717) is 6.42 Å². The molecule has 0 aromatic rings. The Morgan fingerprint density at radius 3 is 2.67 bits per heavy atom. The van der Waals surface area contributed by atoms with Crippen molar-refractivity contribution in [2.24, 2.45) is 5.92 Å². The minimum absolute atomic E-state index is 0.710. The molecule has 1 atom stereocenters. The van der Waals surface area contributed by atoms with E-state index in [9.17, 15) is 0 Å². The van der Waals surface area contributed by atoms with Gasteiger partial charge in [-0.3, -0.25) is 0 Å². The van der Waals surface area contributed by atoms with E-state index in [0.717, 1.165) is 31.3 Å². The predicted molar refractivity (Wildman–Crippen MR) is 60.4 cm³/mol. The SMILES string of the molecule is N#CCCCCNC1CN2CCC1CC2. The van der Waals surface area contributed by atoms with Crippen molar-refractivity contribution in [2.45, 2.75) is 38.1 Å². The highest BCUT2D eigenvalue weighted by Gasteiger charge is 2.33. The lowest BCUT2D eigenvalue weighted by Gasteiger charge is -2.45. The smallest absolute Gasteiger partial charge is 0.0621 e. The largest absolute Gasteiger partial charge is 0.312 e. The van der Waals surface area contributed by atoms with Gasteiger partial charge in [0.2, 0.25) is 0 Å². The number of hydrogen-bond donors (Lipinski definition) is 1. The van der Waals surface area contributed by atoms with Gasteiger partial charge in [-0.15, -0.1) is 0 Å². The number of unbranched alkanes of at least 4 members (excludes halogenated alkanes) is 2. The molecule has 0 saturated carbocycles. The van der Waals surface area contributed by atoms with Crippen molar-refractivity contribution in [2.75, 3.05) is 26.2 Å². The Hall–Kier alpha value is -0.590. The fourth-order valence-corrected chi connectivity index (χ4v) is 2.81. The number of fused-ring (bicyclic) bond motifs is 3. The summed E-state index contributed by atoms with van der Waals surface area (Å²) in [6.45, 7) is 4.98. The van der Waals surface area contributed by atoms with Crippen LogP contribution >= 0.6 is 0 Å². The Morgan fingerprint density at radius 1 is 1.27 bits per heavy atom. The van der Waals surface area contributed by atoms with E-state index in [4.69, 9.17) is 5.26 Å². The third-order valence-corrected chi connectivity index (χ3v) is 3.78. The van der Waals surface area contributed by atoms with Crippen LogP contribution in [0.3, 0.4) is 0 Å². The van der Waals surface area contributed by atoms with Gasteiger partial charge in [0.15, 0.2) is 0 Å². The molecule has 3 saturated heterocycles. The number of piperidine rings is 3. The first-order chi connectivity index (χ1) is 7.40. The molecular formula is C12H21N3. The second-order valence-electron chi connectivity index (χ2n) is 4.81. The van der Waals surface area contributed by atoms with Crippen LogP contribution in [0.5, 0.6) is 0 Å². The summed E-state index contributed by atoms with van der Waals surface area (Å²) in [6, 6.07) is 2.93. The van der Waals surface area contributed by atoms with E-state index >= 15 is 0 Å². The van der Waals surface area contributed by atoms with E-state index in [1.54, 1.807) is 0 Å². The quantitative estimate of drug-likeness (QED) is 0.692. The third kappa shape index (κ3) is 2.93. The highest BCUT2D eigenvalue weighted by molar-refractivity contribution is 4.90. The monoisotopic (exact) mass is 207 g/mol. The average molecular weight is 207 g/mol. The van der Waals surface area contributed by atoms with Gasteiger partial charge in [-0.25, -0.2) is 0 Å². The van der Waals surface area contributed by atoms with Crippen molar-refractivity contribution < 1.29 is 0 Å². The second-order valence-corrected chi connectivity index (χ2v) is 4.81. The molecule has 0 radical (unpaired) electrons. The Morgan fingerprint density at radius 2 is 2.07 bits per heavy atom. The summed E-state index contributed by atoms with van der Waals surface area (Å²) in [5, 5.41) is 12.1. The molecule has 2 bridgehead atoms. The van der Waals surface area contributed by atoms with Crippen molar-refractivity contribution in [3.8, 4) is 6.07 Å². The summed E-state index contributed by atoms with van der Waals surface area (Å²) in [5.74, 6) is 0.922. The predicted octanol–water partition coefficient (Wildman–Crippen LogP) is 1.36. The summed E-state index contributed by atoms with van der Waals surface area (Å²) in [4.78, 5) is 2.58. The number of nitrogens with zero attached hydrogens (tertiary/aromatic N) is 2. The lowest BCUT2D eigenvalue weighted by atomic mass is 9.84. The molecule has 3 rings (SSSR count). The molecule has 1 unspecified atom stereocenters. The number of nitrogens with one attached hydrogen (secondary N) is 1. The van der Waals surface area contributed by atoms with Crippen molar-refractivity contribution in [1.82, 2.24) is 10.2 Å². The summed E-state index contributed by atoms with van der Waals surface area (Å²) in [7, 11) is 0. The van der Waals surface area contributed by atoms with E-state index in [2.05, 4.69) is 16.3 Å². The Labute approximate surface area is 92.4 Å². The van der Waals surface area contributed by atoms with Gasteiger partial charge >= 0.3 is 0 Å². The molecule has 0 amide bonds. The van der Waals surface area contributed by atoms with Crippen LogP contribution < -0.4 is 5.32 Å². The zero-order valence-electron chi connectivity index (χ0n) is 9.41. The highest BCUT2D eigenvalue weighted by Crippen LogP contribution is 2.27. The summed E-state index contributed by atoms with van der Waals surface area (Å²) in [5.41, 5.74) is 0. The highest BCUT2D eigenvalue weighted by atomic mass is 15.2. The van der Waals surface area contributed by atoms with Crippen LogP contribution in [0, 0.1) is 17.2 Å². The summed E-state index contributed by atoms with van der Waals surface area (Å²) in [6.07, 6.45) is 5.68. The molecular weight excluding hydrogens is 186 g/mol. The lowest BCUT2D eigenvalue weighted by Crippen LogP contribution is -2.56. The Bertz CT molecular complexity index is 226. The molecule has 1 N–H and O–H groups in total. The fourth-order valence-electron chi connectivity index (χ4n) is 2.81. The van der Waals surface area contributed by atoms with Gasteiger partial charge in [0, 0.05) is 19.0 Å². The molecule has 3 nitrogen and oxygen atoms in total. The molecule has 0 aromatic carbocycles. The van der Waals surface area contributed by atoms with Crippen LogP contribution in [0.1, 0.15) is 32.1 Å². The molecule has 3 heteroatoms. The summed E-state index contributed by atoms with van der Waals surface area (Å²) < 4.78 is 0. The molecule has 3 aliphatic heterocycles. The van der Waals surface area contributed by atoms with Gasteiger partial charge in [0.1, 0.15) is 0 Å². The van der Waals surface area contributed by atoms with Crippen molar-refractivity contribution in [3.63, 3.8) is 0 Å². The molecule has 15 heavy (non-hydrogen) atoms. The first-order valence-electron chi connectivity index (χ1n) is 6.23. The first-order valence-corrected chi connectivity index (χ1v) is 6.23. The molecule has 84 valence electrons. The molecule has 0 aliphatic carbocycles. The van der Waals surface area contributed by atoms with Crippen LogP contribution in [0.15, 0.2) is 0 Å². The maximum Gasteiger partial charge on any atom is 0.0621 e. The molecule has 3 heterocycles. The minimum atomic E-state index is 0.710. The van der Waals surface area contributed by atoms with E-state index in [1.807, 2.05) is 0 Å². The van der Waals surface area contributed by atoms with Gasteiger partial charge in [-0.1, -0.05) is 0 Å². The van der Waals surface area contributed by atoms with Gasteiger partial charge in [0.25, 0.3) is 0 Å². The maximum absolute atomic E-state index is 8.42. The van der Waals surface area contributed by atoms with Crippen LogP contribution in [-0.2, 0) is 0 Å². The zero-order valence-corrected chi connectivity index (χ0v) is 9.41. The Kier molecular flexibility index (Phi) is 3.99. The summed E-state index contributed by atoms with van der Waals surface area (Å²) >= 11 is 0. The van der Waals surface area contributed by atoms with Crippen LogP contribution in [0.4, 0.5) is 0 Å². The van der Waals surface area contributed by atoms with Gasteiger partial charge < -0.3 is 10.2 Å². The minimum Gasteiger partial charge on any atom is -0.312 e. The lowest BCUT2D eigenvalue weighted by molar-refractivity contribution is 0.0727.